The first-order chi connectivity index (χ1) is 15.0. The molecule has 164 valence electrons. The molecule has 0 bridgehead atoms. The maximum atomic E-state index is 12.6. The smallest absolute Gasteiger partial charge is 0.225 e. The Kier molecular flexibility index (Phi) is 6.26. The number of rotatable bonds is 6. The number of aromatic nitrogens is 1. The quantitative estimate of drug-likeness (QED) is 0.506. The van der Waals surface area contributed by atoms with Crippen LogP contribution in [0.15, 0.2) is 29.8 Å². The Labute approximate surface area is 185 Å². The van der Waals surface area contributed by atoms with E-state index in [4.69, 9.17) is 16.2 Å². The van der Waals surface area contributed by atoms with E-state index in [1.165, 1.54) is 11.3 Å². The number of carbonyl (C=O) groups is 1. The van der Waals surface area contributed by atoms with Crippen molar-refractivity contribution in [2.45, 2.75) is 6.42 Å². The minimum absolute atomic E-state index is 0.0177. The first kappa shape index (κ1) is 21.4. The van der Waals surface area contributed by atoms with Crippen LogP contribution in [0.1, 0.15) is 6.42 Å². The van der Waals surface area contributed by atoms with Crippen LogP contribution in [0.4, 0.5) is 17.2 Å². The van der Waals surface area contributed by atoms with Crippen molar-refractivity contribution < 1.29 is 9.53 Å². The van der Waals surface area contributed by atoms with Gasteiger partial charge in [0.15, 0.2) is 0 Å². The number of anilines is 3. The Bertz CT molecular complexity index is 1090. The summed E-state index contributed by atoms with van der Waals surface area (Å²) < 4.78 is 6.26. The lowest BCUT2D eigenvalue weighted by molar-refractivity contribution is -0.116. The molecule has 1 saturated heterocycles. The molecular formula is C22H28N6O2S. The fraction of sp³-hybridized carbons (Fsp3) is 0.364. The zero-order valence-electron chi connectivity index (χ0n) is 17.9. The topological polar surface area (TPSA) is 110 Å². The summed E-state index contributed by atoms with van der Waals surface area (Å²) >= 11 is 1.53. The molecule has 1 aliphatic heterocycles. The van der Waals surface area contributed by atoms with Gasteiger partial charge in [-0.15, -0.1) is 11.3 Å². The van der Waals surface area contributed by atoms with Gasteiger partial charge in [-0.1, -0.05) is 6.07 Å². The summed E-state index contributed by atoms with van der Waals surface area (Å²) in [5.41, 5.74) is 15.3. The Morgan fingerprint density at radius 1 is 1.26 bits per heavy atom. The third-order valence-corrected chi connectivity index (χ3v) is 6.71. The van der Waals surface area contributed by atoms with Crippen molar-refractivity contribution in [3.05, 3.63) is 29.8 Å². The normalized spacial score (nSPS) is 15.3. The highest BCUT2D eigenvalue weighted by atomic mass is 32.1. The van der Waals surface area contributed by atoms with Gasteiger partial charge >= 0.3 is 0 Å². The number of pyridine rings is 1. The number of thiophene rings is 1. The van der Waals surface area contributed by atoms with E-state index in [1.54, 1.807) is 13.3 Å². The molecule has 1 fully saturated rings. The molecule has 0 spiro atoms. The van der Waals surface area contributed by atoms with Gasteiger partial charge in [0.05, 0.1) is 29.4 Å². The Hall–Kier alpha value is -2.88. The Morgan fingerprint density at radius 2 is 2.03 bits per heavy atom. The highest BCUT2D eigenvalue weighted by Crippen LogP contribution is 2.41. The molecule has 2 aromatic heterocycles. The molecule has 1 aromatic carbocycles. The fourth-order valence-electron chi connectivity index (χ4n) is 3.79. The minimum atomic E-state index is -0.0177. The standard InChI is InChI=1S/C22H28N6O2S/c1-27-7-9-28(10-8-27)6-5-19(29)26-17-12-25-22(24)20-15(13-31-21(17)20)14-3-4-16(23)18(11-14)30-2/h3-4,11-13H,5-10,23H2,1-2H3,(H2,24,25)(H,26,29). The number of amides is 1. The molecule has 3 heterocycles. The zero-order valence-corrected chi connectivity index (χ0v) is 18.7. The molecule has 4 rings (SSSR count). The summed E-state index contributed by atoms with van der Waals surface area (Å²) in [6.07, 6.45) is 2.08. The third kappa shape index (κ3) is 4.58. The van der Waals surface area contributed by atoms with Gasteiger partial charge in [0.2, 0.25) is 5.91 Å². The number of piperazine rings is 1. The minimum Gasteiger partial charge on any atom is -0.495 e. The van der Waals surface area contributed by atoms with Crippen molar-refractivity contribution in [3.8, 4) is 16.9 Å². The zero-order chi connectivity index (χ0) is 22.0. The predicted molar refractivity (Wildman–Crippen MR) is 128 cm³/mol. The van der Waals surface area contributed by atoms with Gasteiger partial charge in [-0.3, -0.25) is 4.79 Å². The number of nitrogens with two attached hydrogens (primary N) is 2. The van der Waals surface area contributed by atoms with Gasteiger partial charge in [-0.25, -0.2) is 4.98 Å². The molecule has 0 aliphatic carbocycles. The molecule has 1 amide bonds. The summed E-state index contributed by atoms with van der Waals surface area (Å²) in [6.45, 7) is 4.83. The van der Waals surface area contributed by atoms with Crippen LogP contribution >= 0.6 is 11.3 Å². The summed E-state index contributed by atoms with van der Waals surface area (Å²) in [5, 5.41) is 5.88. The van der Waals surface area contributed by atoms with Crippen LogP contribution in [-0.2, 0) is 4.79 Å². The van der Waals surface area contributed by atoms with Crippen molar-refractivity contribution in [3.63, 3.8) is 0 Å². The molecule has 1 aliphatic rings. The van der Waals surface area contributed by atoms with E-state index >= 15 is 0 Å². The third-order valence-electron chi connectivity index (χ3n) is 5.69. The van der Waals surface area contributed by atoms with Crippen molar-refractivity contribution in [1.82, 2.24) is 14.8 Å². The summed E-state index contributed by atoms with van der Waals surface area (Å²) in [4.78, 5) is 21.6. The fourth-order valence-corrected chi connectivity index (χ4v) is 4.84. The molecule has 0 unspecified atom stereocenters. The molecule has 9 heteroatoms. The monoisotopic (exact) mass is 440 g/mol. The lowest BCUT2D eigenvalue weighted by Crippen LogP contribution is -2.45. The maximum Gasteiger partial charge on any atom is 0.225 e. The van der Waals surface area contributed by atoms with Crippen LogP contribution < -0.4 is 21.5 Å². The Balaban J connectivity index is 1.53. The lowest BCUT2D eigenvalue weighted by Gasteiger charge is -2.32. The largest absolute Gasteiger partial charge is 0.495 e. The van der Waals surface area contributed by atoms with E-state index in [0.29, 0.717) is 29.4 Å². The SMILES string of the molecule is COc1cc(-c2csc3c(NC(=O)CCN4CCN(C)CC4)cnc(N)c23)ccc1N. The molecular weight excluding hydrogens is 412 g/mol. The second-order valence-electron chi connectivity index (χ2n) is 7.81. The van der Waals surface area contributed by atoms with Gasteiger partial charge in [-0.2, -0.15) is 0 Å². The van der Waals surface area contributed by atoms with E-state index in [9.17, 15) is 4.79 Å². The first-order valence-electron chi connectivity index (χ1n) is 10.3. The summed E-state index contributed by atoms with van der Waals surface area (Å²) in [5.74, 6) is 1.02. The predicted octanol–water partition coefficient (Wildman–Crippen LogP) is 2.71. The number of carbonyl (C=O) groups excluding carboxylic acids is 1. The number of ether oxygens (including phenoxy) is 1. The number of likely N-dealkylation sites (N-methyl/N-ethyl adjacent to an activating group) is 1. The van der Waals surface area contributed by atoms with E-state index in [1.807, 2.05) is 23.6 Å². The maximum absolute atomic E-state index is 12.6. The number of hydrogen-bond donors (Lipinski definition) is 3. The second kappa shape index (κ2) is 9.09. The van der Waals surface area contributed by atoms with Gasteiger partial charge < -0.3 is 31.3 Å². The number of hydrogen-bond acceptors (Lipinski definition) is 8. The van der Waals surface area contributed by atoms with Gasteiger partial charge in [0, 0.05) is 55.5 Å². The number of nitrogen functional groups attached to an aromatic ring is 2. The highest BCUT2D eigenvalue weighted by Gasteiger charge is 2.18. The lowest BCUT2D eigenvalue weighted by atomic mass is 10.0. The Morgan fingerprint density at radius 3 is 2.77 bits per heavy atom. The molecule has 31 heavy (non-hydrogen) atoms. The van der Waals surface area contributed by atoms with E-state index < -0.39 is 0 Å². The van der Waals surface area contributed by atoms with Crippen molar-refractivity contribution in [2.75, 3.05) is 63.7 Å². The van der Waals surface area contributed by atoms with Gasteiger partial charge in [0.1, 0.15) is 11.6 Å². The van der Waals surface area contributed by atoms with Gasteiger partial charge in [-0.05, 0) is 24.7 Å². The molecule has 8 nitrogen and oxygen atoms in total. The number of nitrogens with zero attached hydrogens (tertiary/aromatic N) is 3. The van der Waals surface area contributed by atoms with Crippen molar-refractivity contribution in [1.29, 1.82) is 0 Å². The molecule has 3 aromatic rings. The number of fused-ring (bicyclic) bond motifs is 1. The number of nitrogens with one attached hydrogen (secondary N) is 1. The van der Waals surface area contributed by atoms with Gasteiger partial charge in [0.25, 0.3) is 0 Å². The average molecular weight is 441 g/mol. The van der Waals surface area contributed by atoms with Crippen molar-refractivity contribution >= 4 is 44.5 Å². The average Bonchev–Trinajstić information content (AvgIpc) is 3.22. The van der Waals surface area contributed by atoms with E-state index in [0.717, 1.165) is 53.9 Å². The number of benzene rings is 1. The van der Waals surface area contributed by atoms with Crippen molar-refractivity contribution in [2.24, 2.45) is 0 Å². The molecule has 5 N–H and O–H groups in total. The first-order valence-corrected chi connectivity index (χ1v) is 11.1. The molecule has 0 atom stereocenters. The highest BCUT2D eigenvalue weighted by molar-refractivity contribution is 7.18. The van der Waals surface area contributed by atoms with Crippen LogP contribution in [0.3, 0.4) is 0 Å². The van der Waals surface area contributed by atoms with Crippen LogP contribution in [0, 0.1) is 0 Å². The summed E-state index contributed by atoms with van der Waals surface area (Å²) in [7, 11) is 3.71. The molecule has 0 saturated carbocycles. The van der Waals surface area contributed by atoms with Crippen LogP contribution in [0.5, 0.6) is 5.75 Å². The van der Waals surface area contributed by atoms with Crippen LogP contribution in [0.25, 0.3) is 21.2 Å². The van der Waals surface area contributed by atoms with E-state index in [2.05, 4.69) is 27.1 Å². The number of methoxy groups -OCH3 is 1. The summed E-state index contributed by atoms with van der Waals surface area (Å²) in [6, 6.07) is 5.63. The van der Waals surface area contributed by atoms with E-state index in [-0.39, 0.29) is 5.91 Å². The second-order valence-corrected chi connectivity index (χ2v) is 8.69. The van der Waals surface area contributed by atoms with Crippen LogP contribution in [-0.4, -0.2) is 67.6 Å². The molecule has 0 radical (unpaired) electrons. The van der Waals surface area contributed by atoms with Crippen LogP contribution in [0.2, 0.25) is 0 Å².